The summed E-state index contributed by atoms with van der Waals surface area (Å²) in [5.74, 6) is 0. The monoisotopic (exact) mass is 133 g/mol. The van der Waals surface area contributed by atoms with Crippen molar-refractivity contribution >= 4 is 0 Å². The van der Waals surface area contributed by atoms with Gasteiger partial charge in [-0.2, -0.15) is 0 Å². The first-order valence-electron chi connectivity index (χ1n) is 3.73. The summed E-state index contributed by atoms with van der Waals surface area (Å²) in [5, 5.41) is 3.31. The van der Waals surface area contributed by atoms with Crippen LogP contribution >= 0.6 is 0 Å². The molecule has 0 aromatic carbocycles. The first kappa shape index (κ1) is 5.93. The van der Waals surface area contributed by atoms with E-state index in [1.54, 1.807) is 0 Å². The summed E-state index contributed by atoms with van der Waals surface area (Å²) in [6, 6.07) is 0. The van der Waals surface area contributed by atoms with Crippen LogP contribution in [0, 0.1) is 0 Å². The fourth-order valence-corrected chi connectivity index (χ4v) is 1.39. The van der Waals surface area contributed by atoms with Gasteiger partial charge >= 0.3 is 0 Å². The summed E-state index contributed by atoms with van der Waals surface area (Å²) in [6.45, 7) is 2.08. The fourth-order valence-electron chi connectivity index (χ4n) is 1.39. The van der Waals surface area contributed by atoms with Gasteiger partial charge in [-0.25, -0.2) is 0 Å². The molecule has 0 aromatic heterocycles. The lowest BCUT2D eigenvalue weighted by Crippen LogP contribution is -2.23. The van der Waals surface area contributed by atoms with Gasteiger partial charge in [0.1, 0.15) is 0 Å². The van der Waals surface area contributed by atoms with Crippen LogP contribution in [0.2, 0.25) is 0 Å². The summed E-state index contributed by atoms with van der Waals surface area (Å²) < 4.78 is 0. The molecule has 2 rings (SSSR count). The van der Waals surface area contributed by atoms with Crippen LogP contribution in [0.3, 0.4) is 0 Å². The maximum atomic E-state index is 3.31. The van der Waals surface area contributed by atoms with Crippen molar-refractivity contribution in [2.75, 3.05) is 13.1 Å². The Balaban J connectivity index is 2.32. The molecule has 1 nitrogen and oxygen atoms in total. The van der Waals surface area contributed by atoms with Crippen LogP contribution in [-0.2, 0) is 0 Å². The minimum Gasteiger partial charge on any atom is -0.309 e. The van der Waals surface area contributed by atoms with Gasteiger partial charge in [-0.15, -0.1) is 0 Å². The summed E-state index contributed by atoms with van der Waals surface area (Å²) in [4.78, 5) is 0. The maximum absolute atomic E-state index is 3.31. The van der Waals surface area contributed by atoms with Crippen molar-refractivity contribution in [2.24, 2.45) is 0 Å². The molecule has 0 aromatic rings. The summed E-state index contributed by atoms with van der Waals surface area (Å²) in [6.07, 6.45) is 10.1. The second-order valence-electron chi connectivity index (χ2n) is 2.66. The van der Waals surface area contributed by atoms with Crippen molar-refractivity contribution in [2.45, 2.75) is 6.42 Å². The number of allylic oxidation sites excluding steroid dienone is 3. The van der Waals surface area contributed by atoms with E-state index >= 15 is 0 Å². The van der Waals surface area contributed by atoms with Gasteiger partial charge in [0.2, 0.25) is 0 Å². The van der Waals surface area contributed by atoms with Crippen molar-refractivity contribution < 1.29 is 0 Å². The Morgan fingerprint density at radius 3 is 3.20 bits per heavy atom. The molecule has 0 bridgehead atoms. The smallest absolute Gasteiger partial charge is 0.0211 e. The first-order valence-corrected chi connectivity index (χ1v) is 3.73. The number of fused-ring (bicyclic) bond motifs is 1. The average molecular weight is 133 g/mol. The predicted molar refractivity (Wildman–Crippen MR) is 42.8 cm³/mol. The Bertz CT molecular complexity index is 221. The van der Waals surface area contributed by atoms with E-state index in [-0.39, 0.29) is 0 Å². The highest BCUT2D eigenvalue weighted by atomic mass is 14.9. The molecule has 52 valence electrons. The molecule has 0 saturated carbocycles. The zero-order chi connectivity index (χ0) is 6.81. The Hall–Kier alpha value is -0.820. The van der Waals surface area contributed by atoms with Crippen molar-refractivity contribution in [3.8, 4) is 0 Å². The van der Waals surface area contributed by atoms with Gasteiger partial charge in [0, 0.05) is 13.1 Å². The minimum absolute atomic E-state index is 1.02. The van der Waals surface area contributed by atoms with E-state index in [9.17, 15) is 0 Å². The Labute approximate surface area is 61.1 Å². The van der Waals surface area contributed by atoms with Crippen LogP contribution in [-0.4, -0.2) is 13.1 Å². The SMILES string of the molecule is C1=CC2=CCNCC2=CC1. The Morgan fingerprint density at radius 1 is 1.30 bits per heavy atom. The molecule has 1 heteroatoms. The zero-order valence-electron chi connectivity index (χ0n) is 5.93. The summed E-state index contributed by atoms with van der Waals surface area (Å²) in [5.41, 5.74) is 2.89. The van der Waals surface area contributed by atoms with E-state index in [0.717, 1.165) is 19.5 Å². The standard InChI is InChI=1S/C9H11N/c1-2-4-9-7-10-6-5-8(9)3-1/h1,3-5,10H,2,6-7H2. The van der Waals surface area contributed by atoms with Gasteiger partial charge in [-0.1, -0.05) is 24.3 Å². The highest BCUT2D eigenvalue weighted by Gasteiger charge is 2.07. The normalized spacial score (nSPS) is 23.2. The Morgan fingerprint density at radius 2 is 2.30 bits per heavy atom. The van der Waals surface area contributed by atoms with Crippen LogP contribution in [0.1, 0.15) is 6.42 Å². The van der Waals surface area contributed by atoms with Crippen molar-refractivity contribution in [1.82, 2.24) is 5.32 Å². The molecule has 0 saturated heterocycles. The molecule has 0 unspecified atom stereocenters. The molecule has 1 aliphatic heterocycles. The molecular weight excluding hydrogens is 122 g/mol. The third-order valence-corrected chi connectivity index (χ3v) is 1.95. The third kappa shape index (κ3) is 0.929. The van der Waals surface area contributed by atoms with Gasteiger partial charge < -0.3 is 5.32 Å². The molecule has 10 heavy (non-hydrogen) atoms. The van der Waals surface area contributed by atoms with Gasteiger partial charge in [0.05, 0.1) is 0 Å². The van der Waals surface area contributed by atoms with Gasteiger partial charge in [-0.3, -0.25) is 0 Å². The van der Waals surface area contributed by atoms with Gasteiger partial charge in [0.25, 0.3) is 0 Å². The number of rotatable bonds is 0. The largest absolute Gasteiger partial charge is 0.309 e. The maximum Gasteiger partial charge on any atom is 0.0211 e. The van der Waals surface area contributed by atoms with Gasteiger partial charge in [0.15, 0.2) is 0 Å². The van der Waals surface area contributed by atoms with Gasteiger partial charge in [-0.05, 0) is 17.6 Å². The quantitative estimate of drug-likeness (QED) is 0.526. The van der Waals surface area contributed by atoms with E-state index in [0.29, 0.717) is 0 Å². The molecule has 1 aliphatic carbocycles. The number of hydrogen-bond donors (Lipinski definition) is 1. The molecule has 0 spiro atoms. The molecule has 1 N–H and O–H groups in total. The number of hydrogen-bond acceptors (Lipinski definition) is 1. The highest BCUT2D eigenvalue weighted by molar-refractivity contribution is 5.45. The average Bonchev–Trinajstić information content (AvgIpc) is 2.05. The molecule has 2 aliphatic rings. The van der Waals surface area contributed by atoms with E-state index in [1.807, 2.05) is 0 Å². The molecule has 1 heterocycles. The van der Waals surface area contributed by atoms with E-state index in [1.165, 1.54) is 11.1 Å². The lowest BCUT2D eigenvalue weighted by atomic mass is 9.97. The third-order valence-electron chi connectivity index (χ3n) is 1.95. The molecular formula is C9H11N. The molecule has 0 amide bonds. The first-order chi connectivity index (χ1) is 4.97. The van der Waals surface area contributed by atoms with E-state index in [2.05, 4.69) is 29.6 Å². The van der Waals surface area contributed by atoms with Crippen molar-refractivity contribution in [1.29, 1.82) is 0 Å². The Kier molecular flexibility index (Phi) is 1.44. The predicted octanol–water partition coefficient (Wildman–Crippen LogP) is 1.40. The minimum atomic E-state index is 1.02. The van der Waals surface area contributed by atoms with Crippen molar-refractivity contribution in [3.63, 3.8) is 0 Å². The van der Waals surface area contributed by atoms with Crippen LogP contribution < -0.4 is 5.32 Å². The second-order valence-corrected chi connectivity index (χ2v) is 2.66. The molecule has 0 atom stereocenters. The molecule has 0 fully saturated rings. The fraction of sp³-hybridized carbons (Fsp3) is 0.333. The van der Waals surface area contributed by atoms with Crippen LogP contribution in [0.5, 0.6) is 0 Å². The zero-order valence-corrected chi connectivity index (χ0v) is 5.93. The summed E-state index contributed by atoms with van der Waals surface area (Å²) >= 11 is 0. The lowest BCUT2D eigenvalue weighted by Gasteiger charge is -2.17. The van der Waals surface area contributed by atoms with E-state index in [4.69, 9.17) is 0 Å². The second kappa shape index (κ2) is 2.43. The van der Waals surface area contributed by atoms with Crippen LogP contribution in [0.4, 0.5) is 0 Å². The molecule has 0 radical (unpaired) electrons. The summed E-state index contributed by atoms with van der Waals surface area (Å²) in [7, 11) is 0. The number of nitrogens with one attached hydrogen (secondary N) is 1. The van der Waals surface area contributed by atoms with Crippen LogP contribution in [0.15, 0.2) is 35.5 Å². The lowest BCUT2D eigenvalue weighted by molar-refractivity contribution is 0.789. The van der Waals surface area contributed by atoms with Crippen LogP contribution in [0.25, 0.3) is 0 Å². The van der Waals surface area contributed by atoms with E-state index < -0.39 is 0 Å². The highest BCUT2D eigenvalue weighted by Crippen LogP contribution is 2.18. The topological polar surface area (TPSA) is 12.0 Å². The van der Waals surface area contributed by atoms with Crippen molar-refractivity contribution in [3.05, 3.63) is 35.5 Å².